The second-order valence-corrected chi connectivity index (χ2v) is 4.94. The number of rotatable bonds is 10. The number of carbonyl (C=O) groups excluding carboxylic acids is 1. The van der Waals surface area contributed by atoms with Crippen molar-refractivity contribution in [1.29, 1.82) is 0 Å². The molecule has 0 fully saturated rings. The van der Waals surface area contributed by atoms with Gasteiger partial charge < -0.3 is 10.0 Å². The molecule has 1 N–H and O–H groups in total. The Morgan fingerprint density at radius 1 is 1.05 bits per heavy atom. The second kappa shape index (κ2) is 9.78. The van der Waals surface area contributed by atoms with E-state index in [9.17, 15) is 9.59 Å². The third kappa shape index (κ3) is 7.15. The van der Waals surface area contributed by atoms with Crippen LogP contribution >= 0.6 is 0 Å². The molecule has 0 aliphatic heterocycles. The number of carbonyl (C=O) groups is 2. The molecule has 1 amide bonds. The minimum atomic E-state index is -0.884. The van der Waals surface area contributed by atoms with E-state index in [0.717, 1.165) is 32.4 Å². The number of hydrogen-bond donors (Lipinski definition) is 1. The molecule has 0 radical (unpaired) electrons. The molecule has 0 spiro atoms. The van der Waals surface area contributed by atoms with Crippen LogP contribution in [0.5, 0.6) is 0 Å². The molecule has 0 aliphatic carbocycles. The molecular weight excluding hydrogens is 244 g/mol. The lowest BCUT2D eigenvalue weighted by atomic mass is 10.2. The Balaban J connectivity index is 4.61. The number of hydrogen-bond acceptors (Lipinski definition) is 3. The maximum absolute atomic E-state index is 12.2. The Kier molecular flexibility index (Phi) is 9.21. The molecule has 5 nitrogen and oxygen atoms in total. The predicted molar refractivity (Wildman–Crippen MR) is 76.1 cm³/mol. The van der Waals surface area contributed by atoms with Gasteiger partial charge in [0.05, 0.1) is 13.1 Å². The van der Waals surface area contributed by atoms with Gasteiger partial charge in [-0.25, -0.2) is 0 Å². The van der Waals surface area contributed by atoms with Crippen LogP contribution < -0.4 is 0 Å². The van der Waals surface area contributed by atoms with Gasteiger partial charge in [-0.2, -0.15) is 0 Å². The van der Waals surface area contributed by atoms with E-state index in [-0.39, 0.29) is 25.0 Å². The number of amides is 1. The molecule has 0 aliphatic rings. The Hall–Kier alpha value is -1.10. The maximum atomic E-state index is 12.2. The molecule has 1 atom stereocenters. The van der Waals surface area contributed by atoms with E-state index < -0.39 is 5.97 Å². The van der Waals surface area contributed by atoms with Crippen LogP contribution in [0.15, 0.2) is 0 Å². The first-order chi connectivity index (χ1) is 8.96. The maximum Gasteiger partial charge on any atom is 0.317 e. The quantitative estimate of drug-likeness (QED) is 0.659. The molecule has 112 valence electrons. The highest BCUT2D eigenvalue weighted by Crippen LogP contribution is 2.05. The highest BCUT2D eigenvalue weighted by Gasteiger charge is 2.21. The van der Waals surface area contributed by atoms with Gasteiger partial charge in [0, 0.05) is 19.1 Å². The first-order valence-corrected chi connectivity index (χ1v) is 7.19. The number of aliphatic carboxylic acids is 1. The zero-order valence-corrected chi connectivity index (χ0v) is 12.7. The predicted octanol–water partition coefficient (Wildman–Crippen LogP) is 1.82. The van der Waals surface area contributed by atoms with E-state index >= 15 is 0 Å². The smallest absolute Gasteiger partial charge is 0.317 e. The largest absolute Gasteiger partial charge is 0.480 e. The molecular formula is C14H28N2O3. The summed E-state index contributed by atoms with van der Waals surface area (Å²) in [5.41, 5.74) is 0. The van der Waals surface area contributed by atoms with Crippen LogP contribution in [0.25, 0.3) is 0 Å². The highest BCUT2D eigenvalue weighted by atomic mass is 16.4. The summed E-state index contributed by atoms with van der Waals surface area (Å²) in [5, 5.41) is 8.92. The lowest BCUT2D eigenvalue weighted by Gasteiger charge is -2.29. The summed E-state index contributed by atoms with van der Waals surface area (Å²) in [6.07, 6.45) is 2.68. The lowest BCUT2D eigenvalue weighted by Crippen LogP contribution is -2.46. The van der Waals surface area contributed by atoms with Crippen molar-refractivity contribution in [1.82, 2.24) is 9.80 Å². The zero-order valence-electron chi connectivity index (χ0n) is 12.7. The van der Waals surface area contributed by atoms with Crippen molar-refractivity contribution >= 4 is 11.9 Å². The molecule has 0 heterocycles. The van der Waals surface area contributed by atoms with Crippen molar-refractivity contribution in [3.05, 3.63) is 0 Å². The standard InChI is InChI=1S/C14H28N2O3/c1-5-8-15(9-6-2)13(17)10-16(11-14(18)19)12(4)7-3/h12H,5-11H2,1-4H3,(H,18,19). The fraction of sp³-hybridized carbons (Fsp3) is 0.857. The van der Waals surface area contributed by atoms with Crippen LogP contribution in [0.4, 0.5) is 0 Å². The molecule has 0 aromatic rings. The average molecular weight is 272 g/mol. The van der Waals surface area contributed by atoms with Crippen molar-refractivity contribution in [3.63, 3.8) is 0 Å². The second-order valence-electron chi connectivity index (χ2n) is 4.94. The first-order valence-electron chi connectivity index (χ1n) is 7.19. The van der Waals surface area contributed by atoms with Crippen LogP contribution in [0.2, 0.25) is 0 Å². The Labute approximate surface area is 116 Å². The van der Waals surface area contributed by atoms with Crippen LogP contribution in [-0.2, 0) is 9.59 Å². The van der Waals surface area contributed by atoms with Crippen LogP contribution in [-0.4, -0.2) is 59.0 Å². The van der Waals surface area contributed by atoms with E-state index in [2.05, 4.69) is 0 Å². The molecule has 0 rings (SSSR count). The summed E-state index contributed by atoms with van der Waals surface area (Å²) < 4.78 is 0. The normalized spacial score (nSPS) is 12.5. The molecule has 0 aromatic carbocycles. The van der Waals surface area contributed by atoms with Crippen molar-refractivity contribution in [2.75, 3.05) is 26.2 Å². The Morgan fingerprint density at radius 3 is 1.95 bits per heavy atom. The Bertz CT molecular complexity index is 276. The summed E-state index contributed by atoms with van der Waals surface area (Å²) in [6.45, 7) is 9.65. The SMILES string of the molecule is CCCN(CCC)C(=O)CN(CC(=O)O)C(C)CC. The first kappa shape index (κ1) is 17.9. The van der Waals surface area contributed by atoms with Crippen molar-refractivity contribution in [2.24, 2.45) is 0 Å². The minimum absolute atomic E-state index is 0.0326. The van der Waals surface area contributed by atoms with Crippen molar-refractivity contribution < 1.29 is 14.7 Å². The fourth-order valence-corrected chi connectivity index (χ4v) is 1.97. The van der Waals surface area contributed by atoms with Gasteiger partial charge in [-0.15, -0.1) is 0 Å². The van der Waals surface area contributed by atoms with Gasteiger partial charge in [-0.3, -0.25) is 14.5 Å². The van der Waals surface area contributed by atoms with Gasteiger partial charge in [-0.1, -0.05) is 20.8 Å². The summed E-state index contributed by atoms with van der Waals surface area (Å²) in [6, 6.07) is 0.102. The molecule has 0 bridgehead atoms. The van der Waals surface area contributed by atoms with Crippen LogP contribution in [0.1, 0.15) is 47.0 Å². The van der Waals surface area contributed by atoms with Gasteiger partial charge in [0.1, 0.15) is 0 Å². The van der Waals surface area contributed by atoms with Gasteiger partial charge in [-0.05, 0) is 26.2 Å². The summed E-state index contributed by atoms with van der Waals surface area (Å²) >= 11 is 0. The van der Waals surface area contributed by atoms with E-state index in [1.807, 2.05) is 32.6 Å². The third-order valence-electron chi connectivity index (χ3n) is 3.23. The number of carboxylic acids is 1. The van der Waals surface area contributed by atoms with E-state index in [4.69, 9.17) is 5.11 Å². The third-order valence-corrected chi connectivity index (χ3v) is 3.23. The summed E-state index contributed by atoms with van der Waals surface area (Å²) in [4.78, 5) is 26.7. The molecule has 0 saturated heterocycles. The van der Waals surface area contributed by atoms with Gasteiger partial charge >= 0.3 is 5.97 Å². The minimum Gasteiger partial charge on any atom is -0.480 e. The van der Waals surface area contributed by atoms with Gasteiger partial charge in [0.25, 0.3) is 0 Å². The molecule has 1 unspecified atom stereocenters. The van der Waals surface area contributed by atoms with Gasteiger partial charge in [0.15, 0.2) is 0 Å². The number of nitrogens with zero attached hydrogens (tertiary/aromatic N) is 2. The summed E-state index contributed by atoms with van der Waals surface area (Å²) in [5.74, 6) is -0.851. The molecule has 0 aromatic heterocycles. The lowest BCUT2D eigenvalue weighted by molar-refractivity contribution is -0.140. The van der Waals surface area contributed by atoms with Crippen molar-refractivity contribution in [3.8, 4) is 0 Å². The van der Waals surface area contributed by atoms with E-state index in [1.165, 1.54) is 0 Å². The molecule has 5 heteroatoms. The average Bonchev–Trinajstić information content (AvgIpc) is 2.36. The van der Waals surface area contributed by atoms with E-state index in [1.54, 1.807) is 4.90 Å². The van der Waals surface area contributed by atoms with Crippen LogP contribution in [0, 0.1) is 0 Å². The zero-order chi connectivity index (χ0) is 14.8. The highest BCUT2D eigenvalue weighted by molar-refractivity contribution is 5.79. The summed E-state index contributed by atoms with van der Waals surface area (Å²) in [7, 11) is 0. The van der Waals surface area contributed by atoms with Crippen LogP contribution in [0.3, 0.4) is 0 Å². The monoisotopic (exact) mass is 272 g/mol. The number of carboxylic acid groups (broad SMARTS) is 1. The van der Waals surface area contributed by atoms with E-state index in [0.29, 0.717) is 0 Å². The Morgan fingerprint density at radius 2 is 1.58 bits per heavy atom. The van der Waals surface area contributed by atoms with Gasteiger partial charge in [0.2, 0.25) is 5.91 Å². The topological polar surface area (TPSA) is 60.9 Å². The fourth-order valence-electron chi connectivity index (χ4n) is 1.97. The molecule has 0 saturated carbocycles. The van der Waals surface area contributed by atoms with Crippen molar-refractivity contribution in [2.45, 2.75) is 53.0 Å². The molecule has 19 heavy (non-hydrogen) atoms.